The van der Waals surface area contributed by atoms with Crippen molar-refractivity contribution in [2.75, 3.05) is 18.4 Å². The van der Waals surface area contributed by atoms with Crippen molar-refractivity contribution in [3.05, 3.63) is 29.8 Å². The number of carbonyl (C=O) groups is 2. The number of hydrogen-bond donors (Lipinski definition) is 3. The Kier molecular flexibility index (Phi) is 5.12. The van der Waals surface area contributed by atoms with Crippen molar-refractivity contribution in [3.63, 3.8) is 0 Å². The van der Waals surface area contributed by atoms with E-state index >= 15 is 0 Å². The molecule has 0 bridgehead atoms. The highest BCUT2D eigenvalue weighted by molar-refractivity contribution is 5.90. The van der Waals surface area contributed by atoms with Crippen LogP contribution in [0.3, 0.4) is 0 Å². The van der Waals surface area contributed by atoms with Gasteiger partial charge in [0, 0.05) is 12.1 Å². The second kappa shape index (κ2) is 7.05. The third kappa shape index (κ3) is 4.66. The number of piperidine rings is 1. The predicted octanol–water partition coefficient (Wildman–Crippen LogP) is 1.64. The molecule has 0 radical (unpaired) electrons. The number of hydrogen-bond acceptors (Lipinski definition) is 3. The van der Waals surface area contributed by atoms with Crippen molar-refractivity contribution in [2.24, 2.45) is 5.92 Å². The van der Waals surface area contributed by atoms with Gasteiger partial charge in [0.25, 0.3) is 0 Å². The molecule has 5 nitrogen and oxygen atoms in total. The summed E-state index contributed by atoms with van der Waals surface area (Å²) in [6.07, 6.45) is 2.65. The number of benzene rings is 1. The van der Waals surface area contributed by atoms with Crippen molar-refractivity contribution in [3.8, 4) is 0 Å². The van der Waals surface area contributed by atoms with Crippen molar-refractivity contribution in [1.29, 1.82) is 0 Å². The van der Waals surface area contributed by atoms with Gasteiger partial charge in [0.1, 0.15) is 0 Å². The second-order valence-electron chi connectivity index (χ2n) is 5.21. The molecule has 1 amide bonds. The number of carbonyl (C=O) groups excluding carboxylic acids is 1. The largest absolute Gasteiger partial charge is 0.481 e. The summed E-state index contributed by atoms with van der Waals surface area (Å²) in [7, 11) is 0. The molecule has 1 aliphatic heterocycles. The Morgan fingerprint density at radius 1 is 1.20 bits per heavy atom. The Labute approximate surface area is 118 Å². The fraction of sp³-hybridized carbons (Fsp3) is 0.467. The SMILES string of the molecule is O=C(O)Cc1ccc(NC(=O)CC2CCNCC2)cc1. The van der Waals surface area contributed by atoms with E-state index in [4.69, 9.17) is 5.11 Å². The van der Waals surface area contributed by atoms with Gasteiger partial charge in [-0.3, -0.25) is 9.59 Å². The summed E-state index contributed by atoms with van der Waals surface area (Å²) >= 11 is 0. The normalized spacial score (nSPS) is 15.8. The van der Waals surface area contributed by atoms with Crippen LogP contribution in [0.15, 0.2) is 24.3 Å². The molecular weight excluding hydrogens is 256 g/mol. The predicted molar refractivity (Wildman–Crippen MR) is 76.6 cm³/mol. The molecule has 108 valence electrons. The van der Waals surface area contributed by atoms with Crippen LogP contribution in [0.1, 0.15) is 24.8 Å². The molecule has 0 spiro atoms. The molecule has 0 aromatic heterocycles. The van der Waals surface area contributed by atoms with E-state index in [1.54, 1.807) is 24.3 Å². The lowest BCUT2D eigenvalue weighted by Gasteiger charge is -2.21. The summed E-state index contributed by atoms with van der Waals surface area (Å²) in [6, 6.07) is 6.96. The Bertz CT molecular complexity index is 465. The van der Waals surface area contributed by atoms with E-state index in [0.29, 0.717) is 12.3 Å². The highest BCUT2D eigenvalue weighted by atomic mass is 16.4. The van der Waals surface area contributed by atoms with Gasteiger partial charge in [-0.15, -0.1) is 0 Å². The van der Waals surface area contributed by atoms with Gasteiger partial charge in [-0.1, -0.05) is 12.1 Å². The van der Waals surface area contributed by atoms with E-state index in [1.807, 2.05) is 0 Å². The zero-order chi connectivity index (χ0) is 14.4. The van der Waals surface area contributed by atoms with Crippen LogP contribution in [-0.4, -0.2) is 30.1 Å². The van der Waals surface area contributed by atoms with Gasteiger partial charge < -0.3 is 15.7 Å². The number of amides is 1. The van der Waals surface area contributed by atoms with Gasteiger partial charge in [0.05, 0.1) is 6.42 Å². The lowest BCUT2D eigenvalue weighted by Crippen LogP contribution is -2.30. The van der Waals surface area contributed by atoms with Crippen LogP contribution < -0.4 is 10.6 Å². The van der Waals surface area contributed by atoms with Crippen molar-refractivity contribution < 1.29 is 14.7 Å². The summed E-state index contributed by atoms with van der Waals surface area (Å²) in [5, 5.41) is 14.8. The monoisotopic (exact) mass is 276 g/mol. The Balaban J connectivity index is 1.82. The molecule has 0 aliphatic carbocycles. The van der Waals surface area contributed by atoms with Gasteiger partial charge in [0.2, 0.25) is 5.91 Å². The minimum Gasteiger partial charge on any atom is -0.481 e. The first-order chi connectivity index (χ1) is 9.63. The molecule has 1 aliphatic rings. The van der Waals surface area contributed by atoms with Gasteiger partial charge in [-0.25, -0.2) is 0 Å². The third-order valence-electron chi connectivity index (χ3n) is 3.53. The van der Waals surface area contributed by atoms with Gasteiger partial charge in [-0.05, 0) is 49.5 Å². The smallest absolute Gasteiger partial charge is 0.307 e. The first kappa shape index (κ1) is 14.5. The van der Waals surface area contributed by atoms with E-state index in [0.717, 1.165) is 37.2 Å². The molecule has 5 heteroatoms. The molecule has 1 fully saturated rings. The summed E-state index contributed by atoms with van der Waals surface area (Å²) in [5.74, 6) is -0.363. The minimum absolute atomic E-state index is 0.00327. The second-order valence-corrected chi connectivity index (χ2v) is 5.21. The van der Waals surface area contributed by atoms with Crippen LogP contribution in [0, 0.1) is 5.92 Å². The van der Waals surface area contributed by atoms with Gasteiger partial charge >= 0.3 is 5.97 Å². The van der Waals surface area contributed by atoms with Gasteiger partial charge in [0.15, 0.2) is 0 Å². The molecule has 20 heavy (non-hydrogen) atoms. The van der Waals surface area contributed by atoms with E-state index in [9.17, 15) is 9.59 Å². The van der Waals surface area contributed by atoms with Gasteiger partial charge in [-0.2, -0.15) is 0 Å². The number of carboxylic acids is 1. The third-order valence-corrected chi connectivity index (χ3v) is 3.53. The molecule has 0 unspecified atom stereocenters. The maximum Gasteiger partial charge on any atom is 0.307 e. The summed E-state index contributed by atoms with van der Waals surface area (Å²) in [6.45, 7) is 1.98. The van der Waals surface area contributed by atoms with Crippen LogP contribution >= 0.6 is 0 Å². The Hall–Kier alpha value is -1.88. The number of carboxylic acid groups (broad SMARTS) is 1. The molecule has 0 atom stereocenters. The highest BCUT2D eigenvalue weighted by Crippen LogP contribution is 2.17. The highest BCUT2D eigenvalue weighted by Gasteiger charge is 2.16. The van der Waals surface area contributed by atoms with E-state index < -0.39 is 5.97 Å². The molecule has 2 rings (SSSR count). The molecule has 0 saturated carbocycles. The van der Waals surface area contributed by atoms with Crippen molar-refractivity contribution >= 4 is 17.6 Å². The molecular formula is C15H20N2O3. The number of rotatable bonds is 5. The molecule has 1 aromatic rings. The van der Waals surface area contributed by atoms with Crippen molar-refractivity contribution in [2.45, 2.75) is 25.7 Å². The maximum atomic E-state index is 11.9. The summed E-state index contributed by atoms with van der Waals surface area (Å²) < 4.78 is 0. The number of nitrogens with one attached hydrogen (secondary N) is 2. The molecule has 1 heterocycles. The standard InChI is InChI=1S/C15H20N2O3/c18-14(9-12-5-7-16-8-6-12)17-13-3-1-11(2-4-13)10-15(19)20/h1-4,12,16H,5-10H2,(H,17,18)(H,19,20). The van der Waals surface area contributed by atoms with Crippen LogP contribution in [0.25, 0.3) is 0 Å². The van der Waals surface area contributed by atoms with Crippen LogP contribution in [0.2, 0.25) is 0 Å². The quantitative estimate of drug-likeness (QED) is 0.764. The lowest BCUT2D eigenvalue weighted by atomic mass is 9.94. The number of aliphatic carboxylic acids is 1. The van der Waals surface area contributed by atoms with E-state index in [1.165, 1.54) is 0 Å². The first-order valence-electron chi connectivity index (χ1n) is 6.95. The average molecular weight is 276 g/mol. The average Bonchev–Trinajstić information content (AvgIpc) is 2.41. The molecule has 3 N–H and O–H groups in total. The molecule has 1 saturated heterocycles. The zero-order valence-electron chi connectivity index (χ0n) is 11.4. The summed E-state index contributed by atoms with van der Waals surface area (Å²) in [5.41, 5.74) is 1.45. The summed E-state index contributed by atoms with van der Waals surface area (Å²) in [4.78, 5) is 22.5. The van der Waals surface area contributed by atoms with Crippen LogP contribution in [0.4, 0.5) is 5.69 Å². The van der Waals surface area contributed by atoms with Crippen molar-refractivity contribution in [1.82, 2.24) is 5.32 Å². The maximum absolute atomic E-state index is 11.9. The Morgan fingerprint density at radius 2 is 1.85 bits per heavy atom. The van der Waals surface area contributed by atoms with E-state index in [2.05, 4.69) is 10.6 Å². The van der Waals surface area contributed by atoms with E-state index in [-0.39, 0.29) is 12.3 Å². The fourth-order valence-corrected chi connectivity index (χ4v) is 2.44. The lowest BCUT2D eigenvalue weighted by molar-refractivity contribution is -0.136. The van der Waals surface area contributed by atoms with Crippen LogP contribution in [-0.2, 0) is 16.0 Å². The first-order valence-corrected chi connectivity index (χ1v) is 6.95. The molecule has 1 aromatic carbocycles. The fourth-order valence-electron chi connectivity index (χ4n) is 2.44. The number of anilines is 1. The Morgan fingerprint density at radius 3 is 2.45 bits per heavy atom. The topological polar surface area (TPSA) is 78.4 Å². The zero-order valence-corrected chi connectivity index (χ0v) is 11.4. The van der Waals surface area contributed by atoms with Crippen LogP contribution in [0.5, 0.6) is 0 Å². The minimum atomic E-state index is -0.854.